The number of carbonyl (C=O) groups excluding carboxylic acids is 1. The molecule has 2 aliphatic rings. The molecule has 4 heterocycles. The molecule has 0 aromatic carbocycles. The Morgan fingerprint density at radius 3 is 2.43 bits per heavy atom. The normalized spacial score (nSPS) is 18.6. The lowest BCUT2D eigenvalue weighted by Gasteiger charge is -2.35. The number of hydrogen-bond acceptors (Lipinski definition) is 6. The van der Waals surface area contributed by atoms with E-state index in [2.05, 4.69) is 9.88 Å². The van der Waals surface area contributed by atoms with Gasteiger partial charge in [-0.2, -0.15) is 4.31 Å². The summed E-state index contributed by atoms with van der Waals surface area (Å²) in [6.45, 7) is 3.99. The average Bonchev–Trinajstić information content (AvgIpc) is 3.42. The molecule has 2 saturated heterocycles. The lowest BCUT2D eigenvalue weighted by atomic mass is 10.2. The van der Waals surface area contributed by atoms with E-state index in [1.807, 2.05) is 23.1 Å². The van der Waals surface area contributed by atoms with Crippen LogP contribution in [0.1, 0.15) is 17.7 Å². The first-order valence-corrected chi connectivity index (χ1v) is 11.8. The molecule has 9 heteroatoms. The van der Waals surface area contributed by atoms with E-state index in [0.29, 0.717) is 30.4 Å². The summed E-state index contributed by atoms with van der Waals surface area (Å²) in [5, 5.41) is 0. The fraction of sp³-hybridized carbons (Fsp3) is 0.474. The van der Waals surface area contributed by atoms with Gasteiger partial charge in [-0.3, -0.25) is 4.79 Å². The van der Waals surface area contributed by atoms with E-state index in [-0.39, 0.29) is 12.3 Å². The molecule has 0 unspecified atom stereocenters. The second kappa shape index (κ2) is 8.18. The molecule has 2 aliphatic heterocycles. The number of hydrogen-bond donors (Lipinski definition) is 0. The highest BCUT2D eigenvalue weighted by atomic mass is 32.2. The molecular formula is C19H24N4O3S2. The molecule has 150 valence electrons. The van der Waals surface area contributed by atoms with Crippen molar-refractivity contribution in [3.8, 4) is 0 Å². The maximum atomic E-state index is 12.7. The van der Waals surface area contributed by atoms with Crippen molar-refractivity contribution < 1.29 is 13.2 Å². The quantitative estimate of drug-likeness (QED) is 0.738. The molecule has 0 spiro atoms. The van der Waals surface area contributed by atoms with Crippen molar-refractivity contribution in [2.24, 2.45) is 0 Å². The van der Waals surface area contributed by atoms with Crippen LogP contribution in [0.15, 0.2) is 40.7 Å². The molecule has 0 saturated carbocycles. The van der Waals surface area contributed by atoms with Gasteiger partial charge >= 0.3 is 0 Å². The zero-order valence-electron chi connectivity index (χ0n) is 15.7. The van der Waals surface area contributed by atoms with E-state index in [1.54, 1.807) is 22.6 Å². The summed E-state index contributed by atoms with van der Waals surface area (Å²) in [7, 11) is -3.40. The highest BCUT2D eigenvalue weighted by Gasteiger charge is 2.29. The van der Waals surface area contributed by atoms with E-state index in [1.165, 1.54) is 11.3 Å². The highest BCUT2D eigenvalue weighted by molar-refractivity contribution is 7.91. The van der Waals surface area contributed by atoms with E-state index >= 15 is 0 Å². The Morgan fingerprint density at radius 1 is 1.00 bits per heavy atom. The first-order valence-electron chi connectivity index (χ1n) is 9.57. The van der Waals surface area contributed by atoms with Gasteiger partial charge in [0.1, 0.15) is 10.0 Å². The van der Waals surface area contributed by atoms with E-state index in [4.69, 9.17) is 0 Å². The molecule has 0 bridgehead atoms. The van der Waals surface area contributed by atoms with Gasteiger partial charge in [0.2, 0.25) is 5.91 Å². The van der Waals surface area contributed by atoms with Crippen molar-refractivity contribution in [3.63, 3.8) is 0 Å². The molecule has 7 nitrogen and oxygen atoms in total. The number of aromatic nitrogens is 1. The third-order valence-electron chi connectivity index (χ3n) is 5.23. The van der Waals surface area contributed by atoms with Gasteiger partial charge in [-0.25, -0.2) is 13.4 Å². The minimum absolute atomic E-state index is 0.0487. The van der Waals surface area contributed by atoms with Crippen LogP contribution in [-0.4, -0.2) is 67.8 Å². The molecular weight excluding hydrogens is 396 g/mol. The van der Waals surface area contributed by atoms with E-state index < -0.39 is 10.0 Å². The summed E-state index contributed by atoms with van der Waals surface area (Å²) >= 11 is 1.22. The number of sulfonamides is 1. The standard InChI is InChI=1S/C19H24N4O3S2/c24-18(22-13-11-21(12-14-22)17-5-1-2-8-20-17)15-16-6-7-19(27-16)28(25,26)23-9-3-4-10-23/h1-2,5-8H,3-4,9-15H2. The topological polar surface area (TPSA) is 73.8 Å². The Balaban J connectivity index is 1.34. The average molecular weight is 421 g/mol. The van der Waals surface area contributed by atoms with Crippen LogP contribution in [0, 0.1) is 0 Å². The summed E-state index contributed by atoms with van der Waals surface area (Å²) in [4.78, 5) is 21.9. The summed E-state index contributed by atoms with van der Waals surface area (Å²) < 4.78 is 27.2. The third kappa shape index (κ3) is 4.06. The van der Waals surface area contributed by atoms with Gasteiger partial charge in [0.05, 0.1) is 6.42 Å². The minimum Gasteiger partial charge on any atom is -0.353 e. The van der Waals surface area contributed by atoms with Crippen LogP contribution < -0.4 is 4.90 Å². The zero-order valence-corrected chi connectivity index (χ0v) is 17.3. The van der Waals surface area contributed by atoms with Crippen LogP contribution in [0.2, 0.25) is 0 Å². The lowest BCUT2D eigenvalue weighted by molar-refractivity contribution is -0.130. The summed E-state index contributed by atoms with van der Waals surface area (Å²) in [6, 6.07) is 9.24. The van der Waals surface area contributed by atoms with Crippen molar-refractivity contribution in [2.75, 3.05) is 44.2 Å². The Bertz CT molecular complexity index is 916. The van der Waals surface area contributed by atoms with E-state index in [0.717, 1.165) is 36.6 Å². The maximum absolute atomic E-state index is 12.7. The minimum atomic E-state index is -3.40. The second-order valence-electron chi connectivity index (χ2n) is 7.06. The molecule has 2 aromatic heterocycles. The van der Waals surface area contributed by atoms with Crippen LogP contribution >= 0.6 is 11.3 Å². The largest absolute Gasteiger partial charge is 0.353 e. The van der Waals surface area contributed by atoms with Crippen molar-refractivity contribution in [2.45, 2.75) is 23.5 Å². The van der Waals surface area contributed by atoms with Crippen molar-refractivity contribution in [1.82, 2.24) is 14.2 Å². The molecule has 0 atom stereocenters. The van der Waals surface area contributed by atoms with Gasteiger partial charge < -0.3 is 9.80 Å². The first-order chi connectivity index (χ1) is 13.5. The molecule has 2 aromatic rings. The predicted molar refractivity (Wildman–Crippen MR) is 109 cm³/mol. The third-order valence-corrected chi connectivity index (χ3v) is 8.68. The second-order valence-corrected chi connectivity index (χ2v) is 10.4. The van der Waals surface area contributed by atoms with Gasteiger partial charge in [-0.1, -0.05) is 6.07 Å². The smallest absolute Gasteiger partial charge is 0.252 e. The number of nitrogens with zero attached hydrogens (tertiary/aromatic N) is 4. The number of piperazine rings is 1. The zero-order chi connectivity index (χ0) is 19.6. The first kappa shape index (κ1) is 19.4. The number of rotatable bonds is 5. The van der Waals surface area contributed by atoms with Crippen LogP contribution in [0.3, 0.4) is 0 Å². The van der Waals surface area contributed by atoms with Gasteiger partial charge in [-0.15, -0.1) is 11.3 Å². The number of pyridine rings is 1. The summed E-state index contributed by atoms with van der Waals surface area (Å²) in [5.74, 6) is 0.984. The molecule has 0 radical (unpaired) electrons. The maximum Gasteiger partial charge on any atom is 0.252 e. The van der Waals surface area contributed by atoms with Gasteiger partial charge in [0, 0.05) is 50.3 Å². The van der Waals surface area contributed by atoms with Gasteiger partial charge in [0.25, 0.3) is 10.0 Å². The number of anilines is 1. The van der Waals surface area contributed by atoms with Crippen LogP contribution in [0.4, 0.5) is 5.82 Å². The Kier molecular flexibility index (Phi) is 5.65. The Hall–Kier alpha value is -1.97. The Labute approximate surface area is 169 Å². The van der Waals surface area contributed by atoms with Crippen molar-refractivity contribution in [3.05, 3.63) is 41.4 Å². The highest BCUT2D eigenvalue weighted by Crippen LogP contribution is 2.28. The Morgan fingerprint density at radius 2 is 1.75 bits per heavy atom. The number of thiophene rings is 1. The van der Waals surface area contributed by atoms with Gasteiger partial charge in [-0.05, 0) is 37.1 Å². The number of amides is 1. The molecule has 1 amide bonds. The fourth-order valence-electron chi connectivity index (χ4n) is 3.63. The molecule has 4 rings (SSSR count). The van der Waals surface area contributed by atoms with Crippen LogP contribution in [-0.2, 0) is 21.2 Å². The predicted octanol–water partition coefficient (Wildman–Crippen LogP) is 1.82. The number of carbonyl (C=O) groups is 1. The van der Waals surface area contributed by atoms with E-state index in [9.17, 15) is 13.2 Å². The summed E-state index contributed by atoms with van der Waals surface area (Å²) in [6.07, 6.45) is 3.86. The lowest BCUT2D eigenvalue weighted by Crippen LogP contribution is -2.49. The molecule has 28 heavy (non-hydrogen) atoms. The monoisotopic (exact) mass is 420 g/mol. The summed E-state index contributed by atoms with van der Waals surface area (Å²) in [5.41, 5.74) is 0. The van der Waals surface area contributed by atoms with Crippen molar-refractivity contribution >= 4 is 33.1 Å². The van der Waals surface area contributed by atoms with Crippen LogP contribution in [0.25, 0.3) is 0 Å². The SMILES string of the molecule is O=C(Cc1ccc(S(=O)(=O)N2CCCC2)s1)N1CCN(c2ccccn2)CC1. The van der Waals surface area contributed by atoms with Crippen LogP contribution in [0.5, 0.6) is 0 Å². The van der Waals surface area contributed by atoms with Crippen molar-refractivity contribution in [1.29, 1.82) is 0 Å². The molecule has 0 aliphatic carbocycles. The van der Waals surface area contributed by atoms with Gasteiger partial charge in [0.15, 0.2) is 0 Å². The molecule has 2 fully saturated rings. The molecule has 0 N–H and O–H groups in total. The fourth-order valence-corrected chi connectivity index (χ4v) is 6.65.